The van der Waals surface area contributed by atoms with Crippen LogP contribution in [0.1, 0.15) is 28.9 Å². The first-order chi connectivity index (χ1) is 12.1. The molecule has 1 saturated heterocycles. The summed E-state index contributed by atoms with van der Waals surface area (Å²) in [4.78, 5) is 24.4. The van der Waals surface area contributed by atoms with Gasteiger partial charge in [-0.1, -0.05) is 0 Å². The molecule has 0 aliphatic carbocycles. The lowest BCUT2D eigenvalue weighted by Crippen LogP contribution is -2.56. The van der Waals surface area contributed by atoms with Crippen LogP contribution in [0.25, 0.3) is 10.9 Å². The van der Waals surface area contributed by atoms with Crippen molar-refractivity contribution in [3.63, 3.8) is 0 Å². The molecule has 5 nitrogen and oxygen atoms in total. The van der Waals surface area contributed by atoms with Gasteiger partial charge in [0, 0.05) is 18.0 Å². The predicted octanol–water partition coefficient (Wildman–Crippen LogP) is 3.28. The maximum absolute atomic E-state index is 12.9. The van der Waals surface area contributed by atoms with Gasteiger partial charge in [0.1, 0.15) is 11.2 Å². The van der Waals surface area contributed by atoms with Crippen LogP contribution in [0.2, 0.25) is 0 Å². The number of thioether (sulfide) groups is 1. The van der Waals surface area contributed by atoms with Gasteiger partial charge in [0.05, 0.1) is 5.56 Å². The number of nitrogens with zero attached hydrogens (tertiary/aromatic N) is 1. The minimum atomic E-state index is -4.47. The second kappa shape index (κ2) is 6.53. The van der Waals surface area contributed by atoms with Crippen molar-refractivity contribution in [2.75, 3.05) is 11.5 Å². The molecule has 1 aliphatic heterocycles. The Morgan fingerprint density at radius 2 is 1.88 bits per heavy atom. The summed E-state index contributed by atoms with van der Waals surface area (Å²) in [6.07, 6.45) is -3.86. The zero-order valence-corrected chi connectivity index (χ0v) is 14.7. The van der Waals surface area contributed by atoms with Crippen molar-refractivity contribution in [2.45, 2.75) is 24.6 Å². The van der Waals surface area contributed by atoms with Crippen LogP contribution in [-0.4, -0.2) is 38.6 Å². The van der Waals surface area contributed by atoms with E-state index in [0.717, 1.165) is 12.1 Å². The molecule has 2 heterocycles. The highest BCUT2D eigenvalue weighted by molar-refractivity contribution is 7.99. The van der Waals surface area contributed by atoms with Gasteiger partial charge in [-0.15, -0.1) is 0 Å². The number of aryl methyl sites for hydroxylation is 1. The van der Waals surface area contributed by atoms with Crippen LogP contribution in [-0.2, 0) is 18.0 Å². The van der Waals surface area contributed by atoms with Crippen LogP contribution in [0.4, 0.5) is 13.2 Å². The Hall–Kier alpha value is -2.16. The highest BCUT2D eigenvalue weighted by Crippen LogP contribution is 2.33. The van der Waals surface area contributed by atoms with Gasteiger partial charge in [0.2, 0.25) is 0 Å². The zero-order valence-electron chi connectivity index (χ0n) is 13.9. The molecule has 2 aromatic rings. The lowest BCUT2D eigenvalue weighted by atomic mass is 9.92. The standard InChI is InChI=1S/C17H17F3N2O3S/c1-22-12-3-2-11(17(18,19)20)8-10(12)9-13(22)14(23)21-16(15(24)25)4-6-26-7-5-16/h2-3,8-9H,4-7H2,1H3,(H,21,23)(H,24,25). The highest BCUT2D eigenvalue weighted by Gasteiger charge is 2.42. The summed E-state index contributed by atoms with van der Waals surface area (Å²) in [5.41, 5.74) is -1.55. The lowest BCUT2D eigenvalue weighted by Gasteiger charge is -2.33. The fraction of sp³-hybridized carbons (Fsp3) is 0.412. The molecular formula is C17H17F3N2O3S. The third kappa shape index (κ3) is 3.27. The molecule has 0 atom stereocenters. The summed E-state index contributed by atoms with van der Waals surface area (Å²) in [5.74, 6) is -0.455. The molecular weight excluding hydrogens is 369 g/mol. The number of fused-ring (bicyclic) bond motifs is 1. The first kappa shape index (κ1) is 18.6. The number of alkyl halides is 3. The summed E-state index contributed by atoms with van der Waals surface area (Å²) < 4.78 is 40.1. The molecule has 0 saturated carbocycles. The SMILES string of the molecule is Cn1c(C(=O)NC2(C(=O)O)CCSCC2)cc2cc(C(F)(F)F)ccc21. The molecule has 1 fully saturated rings. The topological polar surface area (TPSA) is 71.3 Å². The number of rotatable bonds is 3. The normalized spacial score (nSPS) is 17.2. The molecule has 0 bridgehead atoms. The molecule has 0 radical (unpaired) electrons. The Balaban J connectivity index is 1.95. The highest BCUT2D eigenvalue weighted by atomic mass is 32.2. The van der Waals surface area contributed by atoms with Gasteiger partial charge < -0.3 is 15.0 Å². The Morgan fingerprint density at radius 3 is 2.46 bits per heavy atom. The minimum absolute atomic E-state index is 0.123. The maximum atomic E-state index is 12.9. The number of benzene rings is 1. The molecule has 1 amide bonds. The second-order valence-electron chi connectivity index (χ2n) is 6.31. The number of halogens is 3. The van der Waals surface area contributed by atoms with Gasteiger partial charge >= 0.3 is 12.1 Å². The predicted molar refractivity (Wildman–Crippen MR) is 92.3 cm³/mol. The molecule has 0 unspecified atom stereocenters. The average molecular weight is 386 g/mol. The number of nitrogens with one attached hydrogen (secondary N) is 1. The minimum Gasteiger partial charge on any atom is -0.480 e. The van der Waals surface area contributed by atoms with E-state index in [4.69, 9.17) is 0 Å². The first-order valence-electron chi connectivity index (χ1n) is 7.94. The van der Waals surface area contributed by atoms with Gasteiger partial charge in [-0.3, -0.25) is 4.79 Å². The van der Waals surface area contributed by atoms with Crippen LogP contribution in [0.5, 0.6) is 0 Å². The van der Waals surface area contributed by atoms with Gasteiger partial charge in [0.25, 0.3) is 5.91 Å². The molecule has 0 spiro atoms. The van der Waals surface area contributed by atoms with E-state index in [0.29, 0.717) is 29.9 Å². The Morgan fingerprint density at radius 1 is 1.23 bits per heavy atom. The number of amides is 1. The van der Waals surface area contributed by atoms with E-state index in [1.165, 1.54) is 16.7 Å². The number of aromatic nitrogens is 1. The van der Waals surface area contributed by atoms with Crippen molar-refractivity contribution in [1.82, 2.24) is 9.88 Å². The quantitative estimate of drug-likeness (QED) is 0.849. The number of carbonyl (C=O) groups is 2. The van der Waals surface area contributed by atoms with E-state index in [1.54, 1.807) is 18.8 Å². The van der Waals surface area contributed by atoms with Gasteiger partial charge in [0.15, 0.2) is 0 Å². The first-order valence-corrected chi connectivity index (χ1v) is 9.10. The summed E-state index contributed by atoms with van der Waals surface area (Å²) in [6, 6.07) is 4.60. The Kier molecular flexibility index (Phi) is 4.68. The van der Waals surface area contributed by atoms with E-state index in [2.05, 4.69) is 5.32 Å². The molecule has 140 valence electrons. The third-order valence-corrected chi connectivity index (χ3v) is 5.70. The summed E-state index contributed by atoms with van der Waals surface area (Å²) in [7, 11) is 1.56. The monoisotopic (exact) mass is 386 g/mol. The van der Waals surface area contributed by atoms with Crippen molar-refractivity contribution in [1.29, 1.82) is 0 Å². The van der Waals surface area contributed by atoms with E-state index in [-0.39, 0.29) is 11.1 Å². The van der Waals surface area contributed by atoms with Gasteiger partial charge in [-0.2, -0.15) is 24.9 Å². The van der Waals surface area contributed by atoms with Gasteiger partial charge in [-0.05, 0) is 48.6 Å². The number of carboxylic acid groups (broad SMARTS) is 1. The number of aliphatic carboxylic acids is 1. The van der Waals surface area contributed by atoms with E-state index in [1.807, 2.05) is 0 Å². The Bertz CT molecular complexity index is 870. The van der Waals surface area contributed by atoms with E-state index in [9.17, 15) is 27.9 Å². The largest absolute Gasteiger partial charge is 0.480 e. The summed E-state index contributed by atoms with van der Waals surface area (Å²) in [5, 5.41) is 12.4. The number of carboxylic acids is 1. The van der Waals surface area contributed by atoms with Crippen molar-refractivity contribution in [3.05, 3.63) is 35.5 Å². The lowest BCUT2D eigenvalue weighted by molar-refractivity contribution is -0.144. The van der Waals surface area contributed by atoms with Crippen molar-refractivity contribution in [2.24, 2.45) is 7.05 Å². The van der Waals surface area contributed by atoms with Crippen molar-refractivity contribution in [3.8, 4) is 0 Å². The number of hydrogen-bond donors (Lipinski definition) is 2. The second-order valence-corrected chi connectivity index (χ2v) is 7.54. The molecule has 2 N–H and O–H groups in total. The Labute approximate surface area is 151 Å². The zero-order chi connectivity index (χ0) is 19.1. The van der Waals surface area contributed by atoms with Crippen LogP contribution in [0, 0.1) is 0 Å². The number of hydrogen-bond acceptors (Lipinski definition) is 3. The van der Waals surface area contributed by atoms with Crippen molar-refractivity contribution >= 4 is 34.5 Å². The van der Waals surface area contributed by atoms with E-state index < -0.39 is 29.2 Å². The smallest absolute Gasteiger partial charge is 0.416 e. The average Bonchev–Trinajstić information content (AvgIpc) is 2.91. The summed E-state index contributed by atoms with van der Waals surface area (Å²) in [6.45, 7) is 0. The fourth-order valence-corrected chi connectivity index (χ4v) is 4.33. The molecule has 1 aromatic heterocycles. The summed E-state index contributed by atoms with van der Waals surface area (Å²) >= 11 is 1.62. The fourth-order valence-electron chi connectivity index (χ4n) is 3.14. The molecule has 9 heteroatoms. The molecule has 1 aromatic carbocycles. The number of carbonyl (C=O) groups excluding carboxylic acids is 1. The van der Waals surface area contributed by atoms with Crippen molar-refractivity contribution < 1.29 is 27.9 Å². The van der Waals surface area contributed by atoms with Crippen LogP contribution in [0.15, 0.2) is 24.3 Å². The molecule has 3 rings (SSSR count). The molecule has 1 aliphatic rings. The van der Waals surface area contributed by atoms with E-state index >= 15 is 0 Å². The van der Waals surface area contributed by atoms with Crippen LogP contribution in [0.3, 0.4) is 0 Å². The van der Waals surface area contributed by atoms with Gasteiger partial charge in [-0.25, -0.2) is 4.79 Å². The molecule has 26 heavy (non-hydrogen) atoms. The van der Waals surface area contributed by atoms with Crippen LogP contribution >= 0.6 is 11.8 Å². The maximum Gasteiger partial charge on any atom is 0.416 e. The van der Waals surface area contributed by atoms with Crippen LogP contribution < -0.4 is 5.32 Å². The third-order valence-electron chi connectivity index (χ3n) is 4.71.